The van der Waals surface area contributed by atoms with Gasteiger partial charge in [0, 0.05) is 6.20 Å². The van der Waals surface area contributed by atoms with E-state index in [2.05, 4.69) is 17.3 Å². The molecule has 2 aromatic rings. The highest BCUT2D eigenvalue weighted by molar-refractivity contribution is 7.80. The van der Waals surface area contributed by atoms with Crippen molar-refractivity contribution in [1.29, 1.82) is 0 Å². The Hall–Kier alpha value is -1.90. The fourth-order valence-electron chi connectivity index (χ4n) is 1.61. The van der Waals surface area contributed by atoms with E-state index in [0.29, 0.717) is 4.68 Å². The maximum atomic E-state index is 12.7. The second-order valence-corrected chi connectivity index (χ2v) is 4.36. The lowest BCUT2D eigenvalue weighted by atomic mass is 10.1. The maximum absolute atomic E-state index is 12.7. The molecule has 2 rings (SSSR count). The average molecular weight is 290 g/mol. The van der Waals surface area contributed by atoms with Crippen LogP contribution >= 0.6 is 12.2 Å². The van der Waals surface area contributed by atoms with E-state index in [0.717, 1.165) is 4.40 Å². The van der Waals surface area contributed by atoms with Crippen molar-refractivity contribution in [3.63, 3.8) is 0 Å². The van der Waals surface area contributed by atoms with Gasteiger partial charge in [0.1, 0.15) is 5.92 Å². The molecule has 0 aromatic carbocycles. The van der Waals surface area contributed by atoms with E-state index < -0.39 is 29.3 Å². The van der Waals surface area contributed by atoms with E-state index >= 15 is 0 Å². The number of hydrogen-bond donors (Lipinski definition) is 1. The molecule has 1 atom stereocenters. The van der Waals surface area contributed by atoms with Crippen molar-refractivity contribution >= 4 is 22.9 Å². The van der Waals surface area contributed by atoms with Gasteiger partial charge in [-0.05, 0) is 12.1 Å². The molecule has 2 heterocycles. The fraction of sp³-hybridized carbons (Fsp3) is 0.300. The number of halogens is 3. The Morgan fingerprint density at radius 2 is 2.16 bits per heavy atom. The van der Waals surface area contributed by atoms with Crippen LogP contribution in [0.5, 0.6) is 0 Å². The standard InChI is InChI=1S/C10H9F3N4OS/c11-10(12,13)6(8(14)19)5-17-9(18)16-4-2-1-3-7(16)15-17/h1-4,6H,5H2,(H2,14,19). The number of nitrogens with two attached hydrogens (primary N) is 1. The first-order chi connectivity index (χ1) is 8.80. The summed E-state index contributed by atoms with van der Waals surface area (Å²) in [6, 6.07) is 4.72. The predicted molar refractivity (Wildman–Crippen MR) is 65.8 cm³/mol. The number of hydrogen-bond acceptors (Lipinski definition) is 3. The first-order valence-corrected chi connectivity index (χ1v) is 5.62. The summed E-state index contributed by atoms with van der Waals surface area (Å²) in [6.07, 6.45) is -3.19. The van der Waals surface area contributed by atoms with Crippen molar-refractivity contribution in [3.8, 4) is 0 Å². The first kappa shape index (κ1) is 13.5. The van der Waals surface area contributed by atoms with Gasteiger partial charge in [0.15, 0.2) is 5.65 Å². The van der Waals surface area contributed by atoms with E-state index in [9.17, 15) is 18.0 Å². The molecule has 2 N–H and O–H groups in total. The molecule has 0 amide bonds. The quantitative estimate of drug-likeness (QED) is 0.855. The molecule has 1 unspecified atom stereocenters. The Balaban J connectivity index is 2.43. The highest BCUT2D eigenvalue weighted by atomic mass is 32.1. The molecule has 19 heavy (non-hydrogen) atoms. The first-order valence-electron chi connectivity index (χ1n) is 5.21. The molecular formula is C10H9F3N4OS. The van der Waals surface area contributed by atoms with Crippen LogP contribution in [-0.2, 0) is 6.54 Å². The molecular weight excluding hydrogens is 281 g/mol. The summed E-state index contributed by atoms with van der Waals surface area (Å²) in [4.78, 5) is 11.1. The molecule has 0 spiro atoms. The van der Waals surface area contributed by atoms with E-state index in [1.807, 2.05) is 0 Å². The predicted octanol–water partition coefficient (Wildman–Crippen LogP) is 0.961. The molecule has 0 saturated heterocycles. The third-order valence-corrected chi connectivity index (χ3v) is 2.87. The number of alkyl halides is 3. The van der Waals surface area contributed by atoms with Crippen LogP contribution < -0.4 is 11.4 Å². The van der Waals surface area contributed by atoms with Crippen LogP contribution in [0.25, 0.3) is 5.65 Å². The maximum Gasteiger partial charge on any atom is 0.399 e. The van der Waals surface area contributed by atoms with Crippen molar-refractivity contribution in [3.05, 3.63) is 34.9 Å². The fourth-order valence-corrected chi connectivity index (χ4v) is 1.82. The molecule has 0 fully saturated rings. The molecule has 0 bridgehead atoms. The van der Waals surface area contributed by atoms with Crippen LogP contribution in [0.4, 0.5) is 13.2 Å². The minimum Gasteiger partial charge on any atom is -0.393 e. The number of rotatable bonds is 3. The number of aromatic nitrogens is 3. The lowest BCUT2D eigenvalue weighted by Crippen LogP contribution is -2.40. The van der Waals surface area contributed by atoms with Crippen molar-refractivity contribution in [2.24, 2.45) is 11.7 Å². The average Bonchev–Trinajstić information content (AvgIpc) is 2.62. The van der Waals surface area contributed by atoms with Gasteiger partial charge in [0.25, 0.3) is 0 Å². The Kier molecular flexibility index (Phi) is 3.31. The summed E-state index contributed by atoms with van der Waals surface area (Å²) in [6.45, 7) is -0.723. The number of nitrogens with zero attached hydrogens (tertiary/aromatic N) is 3. The van der Waals surface area contributed by atoms with E-state index in [4.69, 9.17) is 5.73 Å². The lowest BCUT2D eigenvalue weighted by Gasteiger charge is -2.17. The summed E-state index contributed by atoms with van der Waals surface area (Å²) in [5.41, 5.74) is 4.67. The van der Waals surface area contributed by atoms with Crippen LogP contribution in [0.3, 0.4) is 0 Å². The Morgan fingerprint density at radius 3 is 2.68 bits per heavy atom. The summed E-state index contributed by atoms with van der Waals surface area (Å²) >= 11 is 4.40. The summed E-state index contributed by atoms with van der Waals surface area (Å²) in [7, 11) is 0. The Morgan fingerprint density at radius 1 is 1.47 bits per heavy atom. The lowest BCUT2D eigenvalue weighted by molar-refractivity contribution is -0.158. The van der Waals surface area contributed by atoms with Crippen LogP contribution in [0.1, 0.15) is 0 Å². The third-order valence-electron chi connectivity index (χ3n) is 2.58. The number of pyridine rings is 1. The van der Waals surface area contributed by atoms with Gasteiger partial charge in [-0.3, -0.25) is 4.40 Å². The Bertz CT molecular complexity index is 675. The van der Waals surface area contributed by atoms with Crippen molar-refractivity contribution < 1.29 is 13.2 Å². The number of fused-ring (bicyclic) bond motifs is 1. The van der Waals surface area contributed by atoms with Gasteiger partial charge in [-0.15, -0.1) is 5.10 Å². The van der Waals surface area contributed by atoms with Gasteiger partial charge in [-0.25, -0.2) is 9.48 Å². The summed E-state index contributed by atoms with van der Waals surface area (Å²) < 4.78 is 40.0. The zero-order valence-corrected chi connectivity index (χ0v) is 10.3. The zero-order chi connectivity index (χ0) is 14.2. The monoisotopic (exact) mass is 290 g/mol. The van der Waals surface area contributed by atoms with Crippen LogP contribution in [0.2, 0.25) is 0 Å². The SMILES string of the molecule is NC(=S)C(Cn1nc2ccccn2c1=O)C(F)(F)F. The minimum atomic E-state index is -4.61. The highest BCUT2D eigenvalue weighted by Gasteiger charge is 2.42. The van der Waals surface area contributed by atoms with E-state index in [1.54, 1.807) is 12.1 Å². The van der Waals surface area contributed by atoms with Crippen LogP contribution in [0.15, 0.2) is 29.2 Å². The molecule has 9 heteroatoms. The van der Waals surface area contributed by atoms with Crippen molar-refractivity contribution in [2.75, 3.05) is 0 Å². The second-order valence-electron chi connectivity index (χ2n) is 3.89. The molecule has 0 radical (unpaired) electrons. The normalized spacial score (nSPS) is 13.6. The molecule has 0 aliphatic heterocycles. The minimum absolute atomic E-state index is 0.261. The van der Waals surface area contributed by atoms with Gasteiger partial charge >= 0.3 is 11.9 Å². The molecule has 0 aliphatic carbocycles. The zero-order valence-electron chi connectivity index (χ0n) is 9.46. The Labute approximate surface area is 110 Å². The van der Waals surface area contributed by atoms with Gasteiger partial charge in [0.05, 0.1) is 11.5 Å². The van der Waals surface area contributed by atoms with E-state index in [1.165, 1.54) is 12.3 Å². The van der Waals surface area contributed by atoms with Gasteiger partial charge in [0.2, 0.25) is 0 Å². The summed E-state index contributed by atoms with van der Waals surface area (Å²) in [5, 5.41) is 3.80. The molecule has 0 saturated carbocycles. The van der Waals surface area contributed by atoms with E-state index in [-0.39, 0.29) is 5.65 Å². The smallest absolute Gasteiger partial charge is 0.393 e. The summed E-state index contributed by atoms with van der Waals surface area (Å²) in [5.74, 6) is -2.08. The van der Waals surface area contributed by atoms with Crippen LogP contribution in [-0.4, -0.2) is 25.3 Å². The number of thiocarbonyl (C=S) groups is 1. The third kappa shape index (κ3) is 2.60. The van der Waals surface area contributed by atoms with Crippen molar-refractivity contribution in [2.45, 2.75) is 12.7 Å². The molecule has 5 nitrogen and oxygen atoms in total. The second kappa shape index (κ2) is 4.65. The molecule has 0 aliphatic rings. The highest BCUT2D eigenvalue weighted by Crippen LogP contribution is 2.27. The topological polar surface area (TPSA) is 65.3 Å². The molecule has 2 aromatic heterocycles. The van der Waals surface area contributed by atoms with Gasteiger partial charge in [-0.1, -0.05) is 18.3 Å². The van der Waals surface area contributed by atoms with Gasteiger partial charge in [-0.2, -0.15) is 13.2 Å². The largest absolute Gasteiger partial charge is 0.399 e. The van der Waals surface area contributed by atoms with Crippen molar-refractivity contribution in [1.82, 2.24) is 14.2 Å². The van der Waals surface area contributed by atoms with Crippen LogP contribution in [0, 0.1) is 5.92 Å². The molecule has 102 valence electrons. The van der Waals surface area contributed by atoms with Gasteiger partial charge < -0.3 is 5.73 Å².